The Morgan fingerprint density at radius 3 is 2.72 bits per heavy atom. The van der Waals surface area contributed by atoms with Crippen LogP contribution in [0.1, 0.15) is 23.2 Å². The van der Waals surface area contributed by atoms with Gasteiger partial charge in [-0.1, -0.05) is 13.0 Å². The Hall–Kier alpha value is -1.30. The van der Waals surface area contributed by atoms with Crippen LogP contribution in [0.2, 0.25) is 0 Å². The fraction of sp³-hybridized carbons (Fsp3) is 0.417. The van der Waals surface area contributed by atoms with E-state index in [0.29, 0.717) is 6.42 Å². The molecular weight excluding hydrogens is 261 g/mol. The fourth-order valence-corrected chi connectivity index (χ4v) is 2.96. The molecule has 18 heavy (non-hydrogen) atoms. The summed E-state index contributed by atoms with van der Waals surface area (Å²) in [7, 11) is 0. The Bertz CT molecular complexity index is 502. The molecule has 0 aromatic carbocycles. The number of hydrogen-bond acceptors (Lipinski definition) is 3. The summed E-state index contributed by atoms with van der Waals surface area (Å²) < 4.78 is 40.2. The number of hydrogen-bond donors (Lipinski definition) is 1. The molecule has 0 saturated carbocycles. The molecule has 98 valence electrons. The van der Waals surface area contributed by atoms with Crippen molar-refractivity contribution in [3.8, 4) is 0 Å². The van der Waals surface area contributed by atoms with Crippen molar-refractivity contribution < 1.29 is 13.2 Å². The van der Waals surface area contributed by atoms with Crippen LogP contribution in [0.15, 0.2) is 30.1 Å². The van der Waals surface area contributed by atoms with E-state index in [4.69, 9.17) is 5.73 Å². The van der Waals surface area contributed by atoms with E-state index in [1.807, 2.05) is 6.92 Å². The second kappa shape index (κ2) is 4.42. The quantitative estimate of drug-likeness (QED) is 0.898. The molecule has 0 amide bonds. The Labute approximate surface area is 107 Å². The summed E-state index contributed by atoms with van der Waals surface area (Å²) in [6.45, 7) is 1.89. The SMILES string of the molecule is CCc1cnc(C2(C(F)(F)F)C=C(N)C=CC2)s1. The van der Waals surface area contributed by atoms with Gasteiger partial charge in [0, 0.05) is 16.8 Å². The zero-order chi connectivity index (χ0) is 13.4. The highest BCUT2D eigenvalue weighted by Crippen LogP contribution is 2.48. The maximum atomic E-state index is 13.4. The van der Waals surface area contributed by atoms with Crippen molar-refractivity contribution in [1.82, 2.24) is 4.98 Å². The van der Waals surface area contributed by atoms with Crippen molar-refractivity contribution in [1.29, 1.82) is 0 Å². The van der Waals surface area contributed by atoms with Crippen molar-refractivity contribution in [3.05, 3.63) is 40.0 Å². The van der Waals surface area contributed by atoms with Crippen molar-refractivity contribution in [3.63, 3.8) is 0 Å². The lowest BCUT2D eigenvalue weighted by Crippen LogP contribution is -2.42. The molecule has 2 rings (SSSR count). The van der Waals surface area contributed by atoms with Gasteiger partial charge in [0.05, 0.1) is 0 Å². The first-order valence-electron chi connectivity index (χ1n) is 5.56. The summed E-state index contributed by atoms with van der Waals surface area (Å²) in [4.78, 5) is 4.79. The normalized spacial score (nSPS) is 24.1. The van der Waals surface area contributed by atoms with Crippen LogP contribution in [0.3, 0.4) is 0 Å². The molecule has 0 radical (unpaired) electrons. The Morgan fingerprint density at radius 2 is 2.22 bits per heavy atom. The summed E-state index contributed by atoms with van der Waals surface area (Å²) in [5.74, 6) is 0. The molecule has 2 nitrogen and oxygen atoms in total. The van der Waals surface area contributed by atoms with Crippen LogP contribution < -0.4 is 5.73 Å². The van der Waals surface area contributed by atoms with Crippen molar-refractivity contribution >= 4 is 11.3 Å². The number of allylic oxidation sites excluding steroid dienone is 3. The van der Waals surface area contributed by atoms with E-state index in [9.17, 15) is 13.2 Å². The maximum absolute atomic E-state index is 13.4. The number of nitrogens with zero attached hydrogens (tertiary/aromatic N) is 1. The summed E-state index contributed by atoms with van der Waals surface area (Å²) in [5.41, 5.74) is 3.60. The third-order valence-corrected chi connectivity index (χ3v) is 4.27. The maximum Gasteiger partial charge on any atom is 0.404 e. The van der Waals surface area contributed by atoms with E-state index in [0.717, 1.165) is 22.3 Å². The molecule has 1 aromatic heterocycles. The minimum Gasteiger partial charge on any atom is -0.399 e. The molecule has 1 aromatic rings. The number of aryl methyl sites for hydroxylation is 1. The highest BCUT2D eigenvalue weighted by atomic mass is 32.1. The fourth-order valence-electron chi connectivity index (χ4n) is 1.92. The number of rotatable bonds is 2. The Morgan fingerprint density at radius 1 is 1.50 bits per heavy atom. The molecule has 0 spiro atoms. The lowest BCUT2D eigenvalue weighted by molar-refractivity contribution is -0.175. The van der Waals surface area contributed by atoms with Crippen LogP contribution in [-0.2, 0) is 11.8 Å². The van der Waals surface area contributed by atoms with Crippen LogP contribution in [0.25, 0.3) is 0 Å². The van der Waals surface area contributed by atoms with E-state index < -0.39 is 11.6 Å². The molecule has 1 aliphatic carbocycles. The van der Waals surface area contributed by atoms with Crippen molar-refractivity contribution in [2.45, 2.75) is 31.4 Å². The van der Waals surface area contributed by atoms with Gasteiger partial charge >= 0.3 is 6.18 Å². The number of aromatic nitrogens is 1. The van der Waals surface area contributed by atoms with E-state index >= 15 is 0 Å². The van der Waals surface area contributed by atoms with Gasteiger partial charge in [-0.2, -0.15) is 13.2 Å². The van der Waals surface area contributed by atoms with Gasteiger partial charge in [-0.3, -0.25) is 0 Å². The molecule has 0 aliphatic heterocycles. The minimum atomic E-state index is -4.40. The third kappa shape index (κ3) is 2.05. The smallest absolute Gasteiger partial charge is 0.399 e. The molecular formula is C12H13F3N2S. The average molecular weight is 274 g/mol. The van der Waals surface area contributed by atoms with Gasteiger partial charge in [0.1, 0.15) is 10.4 Å². The summed E-state index contributed by atoms with van der Waals surface area (Å²) >= 11 is 1.10. The van der Waals surface area contributed by atoms with Crippen molar-refractivity contribution in [2.24, 2.45) is 5.73 Å². The molecule has 0 bridgehead atoms. The molecule has 6 heteroatoms. The first-order valence-corrected chi connectivity index (χ1v) is 6.37. The van der Waals surface area contributed by atoms with Crippen LogP contribution in [0, 0.1) is 0 Å². The predicted molar refractivity (Wildman–Crippen MR) is 65.3 cm³/mol. The zero-order valence-electron chi connectivity index (χ0n) is 9.79. The van der Waals surface area contributed by atoms with Crippen molar-refractivity contribution in [2.75, 3.05) is 0 Å². The Balaban J connectivity index is 2.53. The van der Waals surface area contributed by atoms with Gasteiger partial charge in [-0.15, -0.1) is 11.3 Å². The first-order chi connectivity index (χ1) is 8.39. The van der Waals surface area contributed by atoms with E-state index in [2.05, 4.69) is 4.98 Å². The van der Waals surface area contributed by atoms with E-state index in [1.54, 1.807) is 0 Å². The monoisotopic (exact) mass is 274 g/mol. The van der Waals surface area contributed by atoms with Gasteiger partial charge in [-0.25, -0.2) is 4.98 Å². The third-order valence-electron chi connectivity index (χ3n) is 2.95. The van der Waals surface area contributed by atoms with Gasteiger partial charge in [0.25, 0.3) is 0 Å². The molecule has 1 aliphatic rings. The lowest BCUT2D eigenvalue weighted by atomic mass is 9.80. The molecule has 1 atom stereocenters. The van der Waals surface area contributed by atoms with Gasteiger partial charge in [0.2, 0.25) is 0 Å². The topological polar surface area (TPSA) is 38.9 Å². The number of alkyl halides is 3. The number of thiazole rings is 1. The molecule has 0 saturated heterocycles. The summed E-state index contributed by atoms with van der Waals surface area (Å²) in [5, 5.41) is 0.0687. The largest absolute Gasteiger partial charge is 0.404 e. The van der Waals surface area contributed by atoms with Gasteiger partial charge < -0.3 is 5.73 Å². The van der Waals surface area contributed by atoms with Crippen LogP contribution in [-0.4, -0.2) is 11.2 Å². The van der Waals surface area contributed by atoms with Crippen LogP contribution >= 0.6 is 11.3 Å². The van der Waals surface area contributed by atoms with Crippen LogP contribution in [0.5, 0.6) is 0 Å². The second-order valence-corrected chi connectivity index (χ2v) is 5.32. The van der Waals surface area contributed by atoms with Crippen LogP contribution in [0.4, 0.5) is 13.2 Å². The molecule has 2 N–H and O–H groups in total. The van der Waals surface area contributed by atoms with Gasteiger partial charge in [-0.05, 0) is 25.0 Å². The first kappa shape index (κ1) is 13.1. The Kier molecular flexibility index (Phi) is 3.23. The second-order valence-electron chi connectivity index (χ2n) is 4.21. The van der Waals surface area contributed by atoms with E-state index in [-0.39, 0.29) is 17.1 Å². The predicted octanol–water partition coefficient (Wildman–Crippen LogP) is 3.31. The highest BCUT2D eigenvalue weighted by molar-refractivity contribution is 7.11. The van der Waals surface area contributed by atoms with Gasteiger partial charge in [0.15, 0.2) is 0 Å². The molecule has 1 heterocycles. The molecule has 0 fully saturated rings. The minimum absolute atomic E-state index is 0.0687. The lowest BCUT2D eigenvalue weighted by Gasteiger charge is -2.32. The summed E-state index contributed by atoms with van der Waals surface area (Å²) in [6.07, 6.45) is 1.68. The highest BCUT2D eigenvalue weighted by Gasteiger charge is 2.56. The number of halogens is 3. The molecule has 1 unspecified atom stereocenters. The summed E-state index contributed by atoms with van der Waals surface area (Å²) in [6, 6.07) is 0. The number of nitrogens with two attached hydrogens (primary N) is 1. The standard InChI is InChI=1S/C12H13F3N2S/c1-2-9-7-17-10(18-9)11(12(13,14)15)5-3-4-8(16)6-11/h3-4,6-7H,2,5,16H2,1H3. The average Bonchev–Trinajstić information content (AvgIpc) is 2.76. The zero-order valence-corrected chi connectivity index (χ0v) is 10.6. The van der Waals surface area contributed by atoms with E-state index in [1.165, 1.54) is 18.3 Å².